The maximum atomic E-state index is 14.1. The van der Waals surface area contributed by atoms with E-state index in [1.54, 1.807) is 13.0 Å². The van der Waals surface area contributed by atoms with Gasteiger partial charge in [0.05, 0.1) is 18.2 Å². The summed E-state index contributed by atoms with van der Waals surface area (Å²) in [6.07, 6.45) is -5.20. The van der Waals surface area contributed by atoms with Gasteiger partial charge in [0.1, 0.15) is 47.5 Å². The number of carbonyl (C=O) groups is 2. The lowest BCUT2D eigenvalue weighted by atomic mass is 9.77. The first-order valence-corrected chi connectivity index (χ1v) is 14.8. The number of aliphatic hydroxyl groups excluding tert-OH is 3. The number of phenolic OH excluding ortho intramolecular Hbond substituents is 1. The summed E-state index contributed by atoms with van der Waals surface area (Å²) < 4.78 is 16.7. The Morgan fingerprint density at radius 2 is 1.83 bits per heavy atom. The third kappa shape index (κ3) is 5.78. The van der Waals surface area contributed by atoms with Crippen molar-refractivity contribution >= 4 is 23.3 Å². The van der Waals surface area contributed by atoms with Crippen LogP contribution in [0.4, 0.5) is 5.82 Å². The third-order valence-corrected chi connectivity index (χ3v) is 8.75. The lowest BCUT2D eigenvalue weighted by Gasteiger charge is -2.52. The molecule has 1 aliphatic heterocycles. The van der Waals surface area contributed by atoms with Crippen LogP contribution in [0.3, 0.4) is 0 Å². The molecule has 3 aromatic rings. The lowest BCUT2D eigenvalue weighted by molar-refractivity contribution is -0.419. The summed E-state index contributed by atoms with van der Waals surface area (Å²) in [5.74, 6) is -4.91. The number of methoxy groups -OCH3 is 1. The number of hydrogen-bond acceptors (Lipinski definition) is 14. The van der Waals surface area contributed by atoms with Gasteiger partial charge in [-0.3, -0.25) is 14.6 Å². The highest BCUT2D eigenvalue weighted by Gasteiger charge is 2.64. The first-order valence-electron chi connectivity index (χ1n) is 14.8. The Labute approximate surface area is 274 Å². The predicted octanol–water partition coefficient (Wildman–Crippen LogP) is -1.00. The van der Waals surface area contributed by atoms with Crippen LogP contribution < -0.4 is 26.3 Å². The minimum absolute atomic E-state index is 0.0158. The summed E-state index contributed by atoms with van der Waals surface area (Å²) >= 11 is 0. The van der Waals surface area contributed by atoms with Crippen molar-refractivity contribution in [2.24, 2.45) is 10.7 Å². The van der Waals surface area contributed by atoms with E-state index in [0.717, 1.165) is 0 Å². The Bertz CT molecular complexity index is 1800. The van der Waals surface area contributed by atoms with Crippen molar-refractivity contribution in [1.82, 2.24) is 10.3 Å². The molecule has 1 aromatic heterocycles. The number of aromatic nitrogens is 1. The molecule has 1 fully saturated rings. The van der Waals surface area contributed by atoms with Gasteiger partial charge in [0.25, 0.3) is 0 Å². The number of aliphatic hydroxyl groups is 5. The summed E-state index contributed by atoms with van der Waals surface area (Å²) in [6.45, 7) is 0.377. The molecule has 48 heavy (non-hydrogen) atoms. The standard InChI is InChI=1S/C32H37N5O11/c1-14-8-17-23(25(40)19(14)12-37-30(34)35-2)26(41)22-18(24(17)39)10-16(46-3)11-20(22)47-29-27(42)28(43)31(44,32(45,13-38)48-29)6-4-15-5-7-36-21(33)9-15/h5,7-11,27-29,38,40,42-45H,4,6,12-13H2,1-3H3,(H2,33,36)(H3,34,35,37)/t27-,28-,29-,31+,32-/m1/s1. The van der Waals surface area contributed by atoms with E-state index in [0.29, 0.717) is 11.1 Å². The largest absolute Gasteiger partial charge is 0.507 e. The maximum Gasteiger partial charge on any atom is 0.231 e. The van der Waals surface area contributed by atoms with Crippen LogP contribution in [-0.2, 0) is 17.7 Å². The number of benzene rings is 2. The van der Waals surface area contributed by atoms with Crippen LogP contribution in [-0.4, -0.2) is 104 Å². The normalized spacial score (nSPS) is 25.3. The van der Waals surface area contributed by atoms with Crippen molar-refractivity contribution in [2.45, 2.75) is 56.2 Å². The van der Waals surface area contributed by atoms with Gasteiger partial charge in [-0.15, -0.1) is 0 Å². The average Bonchev–Trinajstić information content (AvgIpc) is 3.07. The topological polar surface area (TPSA) is 273 Å². The summed E-state index contributed by atoms with van der Waals surface area (Å²) in [6, 6.07) is 7.06. The van der Waals surface area contributed by atoms with E-state index in [9.17, 15) is 40.2 Å². The number of carbonyl (C=O) groups excluding carboxylic acids is 2. The van der Waals surface area contributed by atoms with E-state index in [2.05, 4.69) is 15.3 Å². The highest BCUT2D eigenvalue weighted by atomic mass is 16.8. The molecule has 5 rings (SSSR count). The molecule has 0 radical (unpaired) electrons. The highest BCUT2D eigenvalue weighted by Crippen LogP contribution is 2.44. The summed E-state index contributed by atoms with van der Waals surface area (Å²) in [7, 11) is 2.76. The Balaban J connectivity index is 1.51. The number of nitrogens with two attached hydrogens (primary N) is 2. The van der Waals surface area contributed by atoms with Gasteiger partial charge in [0.2, 0.25) is 17.9 Å². The van der Waals surface area contributed by atoms with Crippen molar-refractivity contribution in [3.63, 3.8) is 0 Å². The molecule has 2 heterocycles. The van der Waals surface area contributed by atoms with Crippen molar-refractivity contribution in [3.05, 3.63) is 75.5 Å². The molecule has 0 amide bonds. The Morgan fingerprint density at radius 1 is 1.12 bits per heavy atom. The Morgan fingerprint density at radius 3 is 2.48 bits per heavy atom. The van der Waals surface area contributed by atoms with Crippen molar-refractivity contribution in [1.29, 1.82) is 0 Å². The van der Waals surface area contributed by atoms with Crippen LogP contribution in [0.1, 0.15) is 55.0 Å². The zero-order chi connectivity index (χ0) is 35.1. The molecule has 1 aliphatic carbocycles. The van der Waals surface area contributed by atoms with E-state index >= 15 is 0 Å². The minimum atomic E-state index is -2.89. The van der Waals surface area contributed by atoms with Gasteiger partial charge in [0, 0.05) is 42.5 Å². The van der Waals surface area contributed by atoms with E-state index in [4.69, 9.17) is 25.7 Å². The quantitative estimate of drug-likeness (QED) is 0.0765. The van der Waals surface area contributed by atoms with Crippen LogP contribution in [0.25, 0.3) is 0 Å². The smallest absolute Gasteiger partial charge is 0.231 e. The second-order valence-corrected chi connectivity index (χ2v) is 11.6. The average molecular weight is 668 g/mol. The number of nitrogens with one attached hydrogen (secondary N) is 1. The van der Waals surface area contributed by atoms with Crippen LogP contribution in [0, 0.1) is 6.92 Å². The maximum absolute atomic E-state index is 14.1. The number of fused-ring (bicyclic) bond motifs is 2. The van der Waals surface area contributed by atoms with Gasteiger partial charge in [-0.25, -0.2) is 4.98 Å². The SMILES string of the molecule is CN=C(N)NCc1c(C)cc2c(c1O)C(=O)c1c(O[C@@H]3O[C@](O)(CO)[C@](O)(CCc4ccnc(N)c4)[C@H](O)[C@H]3O)cc(OC)cc1C2=O. The molecule has 256 valence electrons. The number of anilines is 1. The van der Waals surface area contributed by atoms with Gasteiger partial charge in [0.15, 0.2) is 11.7 Å². The van der Waals surface area contributed by atoms with Crippen molar-refractivity contribution < 1.29 is 54.4 Å². The summed E-state index contributed by atoms with van der Waals surface area (Å²) in [5.41, 5.74) is 9.25. The molecule has 16 nitrogen and oxygen atoms in total. The second kappa shape index (κ2) is 13.0. The Kier molecular flexibility index (Phi) is 9.33. The molecule has 1 saturated heterocycles. The van der Waals surface area contributed by atoms with Crippen LogP contribution in [0.5, 0.6) is 17.2 Å². The van der Waals surface area contributed by atoms with Gasteiger partial charge >= 0.3 is 0 Å². The van der Waals surface area contributed by atoms with Crippen molar-refractivity contribution in [2.75, 3.05) is 26.5 Å². The number of aromatic hydroxyl groups is 1. The zero-order valence-electron chi connectivity index (χ0n) is 26.3. The number of nitrogens with zero attached hydrogens (tertiary/aromatic N) is 2. The third-order valence-electron chi connectivity index (χ3n) is 8.75. The number of phenols is 1. The first-order chi connectivity index (χ1) is 22.7. The monoisotopic (exact) mass is 667 g/mol. The van der Waals surface area contributed by atoms with E-state index < -0.39 is 60.2 Å². The first kappa shape index (κ1) is 34.5. The number of rotatable bonds is 9. The number of ether oxygens (including phenoxy) is 3. The fourth-order valence-corrected chi connectivity index (χ4v) is 5.96. The lowest BCUT2D eigenvalue weighted by Crippen LogP contribution is -2.74. The number of hydrogen-bond donors (Lipinski definition) is 9. The molecule has 0 bridgehead atoms. The number of aliphatic imine (C=N–C) groups is 1. The number of ketones is 2. The van der Waals surface area contributed by atoms with Crippen LogP contribution in [0.15, 0.2) is 41.5 Å². The molecular weight excluding hydrogens is 630 g/mol. The molecule has 0 saturated carbocycles. The fourth-order valence-electron chi connectivity index (χ4n) is 5.96. The Hall–Kier alpha value is -4.84. The van der Waals surface area contributed by atoms with Gasteiger partial charge in [-0.2, -0.15) is 0 Å². The molecule has 0 spiro atoms. The summed E-state index contributed by atoms with van der Waals surface area (Å²) in [4.78, 5) is 35.5. The number of guanidine groups is 1. The number of pyridine rings is 1. The molecule has 0 unspecified atom stereocenters. The molecule has 2 aliphatic rings. The van der Waals surface area contributed by atoms with Gasteiger partial charge in [-0.05, 0) is 55.2 Å². The summed E-state index contributed by atoms with van der Waals surface area (Å²) in [5, 5.41) is 69.3. The van der Waals surface area contributed by atoms with Gasteiger partial charge < -0.3 is 61.6 Å². The molecule has 5 atom stereocenters. The predicted molar refractivity (Wildman–Crippen MR) is 169 cm³/mol. The fraction of sp³-hybridized carbons (Fsp3) is 0.375. The van der Waals surface area contributed by atoms with E-state index in [-0.39, 0.29) is 64.1 Å². The van der Waals surface area contributed by atoms with Crippen molar-refractivity contribution in [3.8, 4) is 17.2 Å². The van der Waals surface area contributed by atoms with E-state index in [1.165, 1.54) is 44.6 Å². The number of aryl methyl sites for hydroxylation is 2. The highest BCUT2D eigenvalue weighted by molar-refractivity contribution is 6.30. The molecular formula is C32H37N5O11. The molecule has 11 N–H and O–H groups in total. The van der Waals surface area contributed by atoms with Crippen LogP contribution in [0.2, 0.25) is 0 Å². The zero-order valence-corrected chi connectivity index (χ0v) is 26.3. The van der Waals surface area contributed by atoms with Gasteiger partial charge in [-0.1, -0.05) is 0 Å². The van der Waals surface area contributed by atoms with Crippen LogP contribution >= 0.6 is 0 Å². The van der Waals surface area contributed by atoms with E-state index in [1.807, 2.05) is 0 Å². The molecule has 16 heteroatoms. The number of nitrogen functional groups attached to an aromatic ring is 1. The minimum Gasteiger partial charge on any atom is -0.507 e. The molecule has 2 aromatic carbocycles. The second-order valence-electron chi connectivity index (χ2n) is 11.6.